The van der Waals surface area contributed by atoms with Crippen LogP contribution in [0.15, 0.2) is 36.4 Å². The van der Waals surface area contributed by atoms with Gasteiger partial charge in [-0.3, -0.25) is 4.79 Å². The smallest absolute Gasteiger partial charge is 0.165 e. The van der Waals surface area contributed by atoms with E-state index in [1.807, 2.05) is 12.1 Å². The van der Waals surface area contributed by atoms with E-state index in [1.165, 1.54) is 0 Å². The third-order valence-corrected chi connectivity index (χ3v) is 5.78. The zero-order valence-corrected chi connectivity index (χ0v) is 14.3. The molecule has 2 aliphatic rings. The molecular weight excluding hydrogens is 346 g/mol. The van der Waals surface area contributed by atoms with Crippen LogP contribution in [-0.4, -0.2) is 12.4 Å². The molecular formula is C20H17ClF2O2. The van der Waals surface area contributed by atoms with Crippen molar-refractivity contribution < 1.29 is 18.3 Å². The summed E-state index contributed by atoms with van der Waals surface area (Å²) in [4.78, 5) is 12.0. The van der Waals surface area contributed by atoms with Crippen molar-refractivity contribution >= 4 is 17.4 Å². The first kappa shape index (κ1) is 16.5. The average molecular weight is 363 g/mol. The number of benzene rings is 2. The van der Waals surface area contributed by atoms with Crippen LogP contribution in [0, 0.1) is 17.6 Å². The lowest BCUT2D eigenvalue weighted by Crippen LogP contribution is -2.49. The molecule has 1 saturated carbocycles. The molecule has 1 fully saturated rings. The topological polar surface area (TPSA) is 26.3 Å². The Bertz CT molecular complexity index is 834. The van der Waals surface area contributed by atoms with E-state index in [2.05, 4.69) is 0 Å². The van der Waals surface area contributed by atoms with Crippen molar-refractivity contribution in [2.45, 2.75) is 31.1 Å². The fourth-order valence-electron chi connectivity index (χ4n) is 4.30. The SMILES string of the molecule is O=C1CC[C@@]2(Cc3ccc(Cl)cc3)c3c(F)ccc(F)c3OC[C@H]2C1. The molecule has 0 bridgehead atoms. The maximum absolute atomic E-state index is 14.8. The number of carbonyl (C=O) groups excluding carboxylic acids is 1. The van der Waals surface area contributed by atoms with Crippen LogP contribution >= 0.6 is 11.6 Å². The Morgan fingerprint density at radius 2 is 1.84 bits per heavy atom. The van der Waals surface area contributed by atoms with Crippen LogP contribution in [0.4, 0.5) is 8.78 Å². The lowest BCUT2D eigenvalue weighted by Gasteiger charge is -2.48. The van der Waals surface area contributed by atoms with Gasteiger partial charge in [0.25, 0.3) is 0 Å². The second-order valence-corrected chi connectivity index (χ2v) is 7.38. The molecule has 4 rings (SSSR count). The number of rotatable bonds is 2. The van der Waals surface area contributed by atoms with Gasteiger partial charge in [-0.2, -0.15) is 0 Å². The predicted molar refractivity (Wildman–Crippen MR) is 91.0 cm³/mol. The Morgan fingerprint density at radius 1 is 1.12 bits per heavy atom. The molecule has 1 heterocycles. The van der Waals surface area contributed by atoms with Crippen molar-refractivity contribution in [3.63, 3.8) is 0 Å². The molecule has 0 saturated heterocycles. The average Bonchev–Trinajstić information content (AvgIpc) is 2.60. The van der Waals surface area contributed by atoms with Crippen molar-refractivity contribution in [3.8, 4) is 5.75 Å². The van der Waals surface area contributed by atoms with Gasteiger partial charge in [-0.15, -0.1) is 0 Å². The fraction of sp³-hybridized carbons (Fsp3) is 0.350. The molecule has 2 aromatic carbocycles. The number of fused-ring (bicyclic) bond motifs is 3. The van der Waals surface area contributed by atoms with E-state index in [0.29, 0.717) is 30.7 Å². The third-order valence-electron chi connectivity index (χ3n) is 5.52. The summed E-state index contributed by atoms with van der Waals surface area (Å²) in [5, 5.41) is 0.626. The van der Waals surface area contributed by atoms with Gasteiger partial charge in [0.15, 0.2) is 11.6 Å². The van der Waals surface area contributed by atoms with Crippen molar-refractivity contribution in [2.24, 2.45) is 5.92 Å². The Morgan fingerprint density at radius 3 is 2.60 bits per heavy atom. The summed E-state index contributed by atoms with van der Waals surface area (Å²) in [5.74, 6) is -1.03. The van der Waals surface area contributed by atoms with E-state index < -0.39 is 17.0 Å². The lowest BCUT2D eigenvalue weighted by atomic mass is 9.58. The Labute approximate surface area is 149 Å². The van der Waals surface area contributed by atoms with Gasteiger partial charge in [0.05, 0.1) is 6.61 Å². The van der Waals surface area contributed by atoms with Crippen LogP contribution < -0.4 is 4.74 Å². The maximum Gasteiger partial charge on any atom is 0.165 e. The molecule has 0 aromatic heterocycles. The monoisotopic (exact) mass is 362 g/mol. The number of ether oxygens (including phenoxy) is 1. The van der Waals surface area contributed by atoms with Gasteiger partial charge in [-0.05, 0) is 42.7 Å². The van der Waals surface area contributed by atoms with E-state index in [-0.39, 0.29) is 29.6 Å². The summed E-state index contributed by atoms with van der Waals surface area (Å²) in [6.45, 7) is 0.229. The molecule has 0 N–H and O–H groups in total. The van der Waals surface area contributed by atoms with Crippen LogP contribution in [0.25, 0.3) is 0 Å². The Kier molecular flexibility index (Phi) is 4.03. The lowest BCUT2D eigenvalue weighted by molar-refractivity contribution is -0.124. The summed E-state index contributed by atoms with van der Waals surface area (Å²) in [7, 11) is 0. The molecule has 130 valence electrons. The van der Waals surface area contributed by atoms with E-state index in [4.69, 9.17) is 16.3 Å². The standard InChI is InChI=1S/C20H17ClF2O2/c21-14-3-1-12(2-4-14)10-20-8-7-15(24)9-13(20)11-25-19-17(23)6-5-16(22)18(19)20/h1-6,13H,7-11H2/t13-,20+/m1/s1. The van der Waals surface area contributed by atoms with Gasteiger partial charge in [-0.1, -0.05) is 23.7 Å². The van der Waals surface area contributed by atoms with Gasteiger partial charge >= 0.3 is 0 Å². The highest BCUT2D eigenvalue weighted by Gasteiger charge is 2.50. The first-order chi connectivity index (χ1) is 12.0. The highest BCUT2D eigenvalue weighted by Crippen LogP contribution is 2.52. The summed E-state index contributed by atoms with van der Waals surface area (Å²) >= 11 is 5.96. The van der Waals surface area contributed by atoms with Gasteiger partial charge in [0.1, 0.15) is 11.6 Å². The summed E-state index contributed by atoms with van der Waals surface area (Å²) in [6, 6.07) is 9.63. The molecule has 2 atom stereocenters. The summed E-state index contributed by atoms with van der Waals surface area (Å²) in [5.41, 5.74) is 0.632. The van der Waals surface area contributed by atoms with Crippen LogP contribution in [0.1, 0.15) is 30.4 Å². The molecule has 25 heavy (non-hydrogen) atoms. The van der Waals surface area contributed by atoms with Crippen molar-refractivity contribution in [2.75, 3.05) is 6.61 Å². The molecule has 5 heteroatoms. The molecule has 0 spiro atoms. The van der Waals surface area contributed by atoms with Gasteiger partial charge < -0.3 is 4.74 Å². The number of ketones is 1. The largest absolute Gasteiger partial charge is 0.490 e. The van der Waals surface area contributed by atoms with Crippen molar-refractivity contribution in [1.82, 2.24) is 0 Å². The van der Waals surface area contributed by atoms with Gasteiger partial charge in [0.2, 0.25) is 0 Å². The quantitative estimate of drug-likeness (QED) is 0.762. The molecule has 0 amide bonds. The van der Waals surface area contributed by atoms with E-state index >= 15 is 0 Å². The van der Waals surface area contributed by atoms with Crippen LogP contribution in [-0.2, 0) is 16.6 Å². The molecule has 0 radical (unpaired) electrons. The Balaban J connectivity index is 1.86. The highest BCUT2D eigenvalue weighted by molar-refractivity contribution is 6.30. The van der Waals surface area contributed by atoms with Crippen LogP contribution in [0.5, 0.6) is 5.75 Å². The minimum atomic E-state index is -0.637. The number of hydrogen-bond donors (Lipinski definition) is 0. The molecule has 2 aromatic rings. The van der Waals surface area contributed by atoms with E-state index in [1.54, 1.807) is 12.1 Å². The zero-order chi connectivity index (χ0) is 17.6. The highest BCUT2D eigenvalue weighted by atomic mass is 35.5. The van der Waals surface area contributed by atoms with E-state index in [0.717, 1.165) is 17.7 Å². The number of carbonyl (C=O) groups is 1. The zero-order valence-electron chi connectivity index (χ0n) is 13.5. The van der Waals surface area contributed by atoms with Crippen molar-refractivity contribution in [3.05, 3.63) is 64.2 Å². The second-order valence-electron chi connectivity index (χ2n) is 6.94. The number of halogens is 3. The summed E-state index contributed by atoms with van der Waals surface area (Å²) in [6.07, 6.45) is 1.73. The van der Waals surface area contributed by atoms with Gasteiger partial charge in [0, 0.05) is 34.8 Å². The van der Waals surface area contributed by atoms with E-state index in [9.17, 15) is 13.6 Å². The third kappa shape index (κ3) is 2.73. The molecule has 0 unspecified atom stereocenters. The van der Waals surface area contributed by atoms with Gasteiger partial charge in [-0.25, -0.2) is 8.78 Å². The summed E-state index contributed by atoms with van der Waals surface area (Å²) < 4.78 is 34.6. The van der Waals surface area contributed by atoms with Crippen LogP contribution in [0.3, 0.4) is 0 Å². The molecule has 1 aliphatic heterocycles. The molecule has 2 nitrogen and oxygen atoms in total. The number of hydrogen-bond acceptors (Lipinski definition) is 2. The Hall–Kier alpha value is -1.94. The minimum Gasteiger partial charge on any atom is -0.490 e. The molecule has 1 aliphatic carbocycles. The van der Waals surface area contributed by atoms with Crippen molar-refractivity contribution in [1.29, 1.82) is 0 Å². The number of Topliss-reactive ketones (excluding diaryl/α,β-unsaturated/α-hetero) is 1. The second kappa shape index (κ2) is 6.10. The fourth-order valence-corrected chi connectivity index (χ4v) is 4.42. The first-order valence-electron chi connectivity index (χ1n) is 8.37. The normalized spacial score (nSPS) is 25.1. The van der Waals surface area contributed by atoms with Crippen LogP contribution in [0.2, 0.25) is 5.02 Å². The predicted octanol–water partition coefficient (Wildman–Crippen LogP) is 4.86. The minimum absolute atomic E-state index is 0.000405. The maximum atomic E-state index is 14.8. The first-order valence-corrected chi connectivity index (χ1v) is 8.75.